The monoisotopic (exact) mass is 312 g/mol. The minimum Gasteiger partial charge on any atom is -0.460 e. The van der Waals surface area contributed by atoms with Crippen LogP contribution >= 0.6 is 0 Å². The average molecular weight is 312 g/mol. The number of ketones is 1. The van der Waals surface area contributed by atoms with Crippen LogP contribution in [0.15, 0.2) is 0 Å². The molecule has 0 N–H and O–H groups in total. The Morgan fingerprint density at radius 3 is 2.18 bits per heavy atom. The molecule has 0 radical (unpaired) electrons. The van der Waals surface area contributed by atoms with Crippen molar-refractivity contribution in [2.45, 2.75) is 85.5 Å². The van der Waals surface area contributed by atoms with Gasteiger partial charge in [0.25, 0.3) is 0 Å². The van der Waals surface area contributed by atoms with Gasteiger partial charge in [0.05, 0.1) is 5.60 Å². The summed E-state index contributed by atoms with van der Waals surface area (Å²) in [6.07, 6.45) is 1.88. The molecule has 0 bridgehead atoms. The summed E-state index contributed by atoms with van der Waals surface area (Å²) in [6, 6.07) is 0. The van der Waals surface area contributed by atoms with Crippen LogP contribution in [-0.4, -0.2) is 29.6 Å². The Labute approximate surface area is 134 Å². The van der Waals surface area contributed by atoms with Crippen LogP contribution in [-0.2, 0) is 19.1 Å². The van der Waals surface area contributed by atoms with Crippen LogP contribution in [0.2, 0.25) is 0 Å². The lowest BCUT2D eigenvalue weighted by Crippen LogP contribution is -2.43. The van der Waals surface area contributed by atoms with Gasteiger partial charge in [-0.2, -0.15) is 0 Å². The normalized spacial score (nSPS) is 27.5. The summed E-state index contributed by atoms with van der Waals surface area (Å²) in [6.45, 7) is 13.4. The fraction of sp³-hybridized carbons (Fsp3) is 0.889. The van der Waals surface area contributed by atoms with E-state index in [0.29, 0.717) is 17.8 Å². The summed E-state index contributed by atoms with van der Waals surface area (Å²) in [7, 11) is 0. The van der Waals surface area contributed by atoms with Gasteiger partial charge in [-0.3, -0.25) is 4.79 Å². The van der Waals surface area contributed by atoms with Gasteiger partial charge in [-0.1, -0.05) is 27.2 Å². The molecular formula is C18H32O4. The van der Waals surface area contributed by atoms with Crippen LogP contribution in [0.5, 0.6) is 0 Å². The second-order valence-electron chi connectivity index (χ2n) is 8.02. The van der Waals surface area contributed by atoms with Crippen molar-refractivity contribution in [3.05, 3.63) is 0 Å². The van der Waals surface area contributed by atoms with Gasteiger partial charge < -0.3 is 9.47 Å². The largest absolute Gasteiger partial charge is 0.460 e. The highest BCUT2D eigenvalue weighted by molar-refractivity contribution is 6.00. The van der Waals surface area contributed by atoms with E-state index in [1.165, 1.54) is 13.3 Å². The molecule has 0 aromatic heterocycles. The highest BCUT2D eigenvalue weighted by Crippen LogP contribution is 2.35. The second kappa shape index (κ2) is 7.58. The molecule has 1 saturated carbocycles. The lowest BCUT2D eigenvalue weighted by Gasteiger charge is -2.37. The molecule has 1 fully saturated rings. The molecule has 0 aliphatic heterocycles. The highest BCUT2D eigenvalue weighted by Gasteiger charge is 2.37. The molecule has 1 aliphatic carbocycles. The zero-order valence-electron chi connectivity index (χ0n) is 15.1. The molecule has 0 spiro atoms. The van der Waals surface area contributed by atoms with Crippen molar-refractivity contribution in [2.24, 2.45) is 17.8 Å². The van der Waals surface area contributed by atoms with Crippen molar-refractivity contribution in [3.8, 4) is 0 Å². The lowest BCUT2D eigenvalue weighted by atomic mass is 9.75. The zero-order valence-corrected chi connectivity index (χ0v) is 15.1. The summed E-state index contributed by atoms with van der Waals surface area (Å²) in [5.74, 6) is 0.538. The summed E-state index contributed by atoms with van der Waals surface area (Å²) in [4.78, 5) is 24.2. The Balaban J connectivity index is 2.79. The van der Waals surface area contributed by atoms with E-state index in [0.717, 1.165) is 12.8 Å². The zero-order chi connectivity index (χ0) is 17.1. The molecule has 1 rings (SSSR count). The van der Waals surface area contributed by atoms with E-state index in [4.69, 9.17) is 9.47 Å². The minimum atomic E-state index is -1.12. The van der Waals surface area contributed by atoms with Crippen molar-refractivity contribution >= 4 is 11.8 Å². The third-order valence-electron chi connectivity index (χ3n) is 4.28. The molecule has 0 heterocycles. The predicted molar refractivity (Wildman–Crippen MR) is 86.5 cm³/mol. The number of carbonyl (C=O) groups is 2. The molecule has 1 unspecified atom stereocenters. The Bertz CT molecular complexity index is 394. The van der Waals surface area contributed by atoms with Gasteiger partial charge in [0.15, 0.2) is 5.78 Å². The van der Waals surface area contributed by atoms with Gasteiger partial charge in [0, 0.05) is 0 Å². The van der Waals surface area contributed by atoms with Crippen LogP contribution in [0.4, 0.5) is 0 Å². The third-order valence-corrected chi connectivity index (χ3v) is 4.28. The number of Topliss-reactive ketones (excluding diaryl/α,β-unsaturated/α-hetero) is 1. The van der Waals surface area contributed by atoms with Gasteiger partial charge in [0.2, 0.25) is 6.10 Å². The van der Waals surface area contributed by atoms with Crippen molar-refractivity contribution in [1.29, 1.82) is 0 Å². The maximum absolute atomic E-state index is 12.4. The number of hydrogen-bond acceptors (Lipinski definition) is 4. The van der Waals surface area contributed by atoms with Crippen molar-refractivity contribution in [2.75, 3.05) is 0 Å². The van der Waals surface area contributed by atoms with Gasteiger partial charge in [0.1, 0.15) is 6.10 Å². The Hall–Kier alpha value is -0.900. The molecule has 0 aromatic rings. The molecule has 4 nitrogen and oxygen atoms in total. The molecule has 22 heavy (non-hydrogen) atoms. The molecular weight excluding hydrogens is 280 g/mol. The van der Waals surface area contributed by atoms with Crippen LogP contribution in [0.1, 0.15) is 67.7 Å². The maximum atomic E-state index is 12.4. The molecule has 0 amide bonds. The van der Waals surface area contributed by atoms with Crippen LogP contribution in [0, 0.1) is 17.8 Å². The molecule has 4 heteroatoms. The van der Waals surface area contributed by atoms with E-state index < -0.39 is 17.7 Å². The highest BCUT2D eigenvalue weighted by atomic mass is 16.6. The summed E-state index contributed by atoms with van der Waals surface area (Å²) >= 11 is 0. The number of rotatable bonds is 5. The number of hydrogen-bond donors (Lipinski definition) is 0. The number of carbonyl (C=O) groups excluding carboxylic acids is 2. The summed E-state index contributed by atoms with van der Waals surface area (Å²) in [5.41, 5.74) is -0.563. The fourth-order valence-corrected chi connectivity index (χ4v) is 3.11. The van der Waals surface area contributed by atoms with Crippen LogP contribution < -0.4 is 0 Å². The van der Waals surface area contributed by atoms with E-state index in [1.807, 2.05) is 20.8 Å². The van der Waals surface area contributed by atoms with E-state index in [9.17, 15) is 9.59 Å². The molecule has 1 aliphatic rings. The first-order valence-electron chi connectivity index (χ1n) is 8.40. The SMILES string of the molecule is CC(=O)C(OC(C)(C)C)C(=O)O[C@@H]1C[C@H](C)CC[C@H]1C(C)C. The van der Waals surface area contributed by atoms with Crippen molar-refractivity contribution in [1.82, 2.24) is 0 Å². The first-order chi connectivity index (χ1) is 10.0. The summed E-state index contributed by atoms with van der Waals surface area (Å²) in [5, 5.41) is 0. The van der Waals surface area contributed by atoms with Crippen molar-refractivity contribution in [3.63, 3.8) is 0 Å². The van der Waals surface area contributed by atoms with Gasteiger partial charge >= 0.3 is 5.97 Å². The van der Waals surface area contributed by atoms with E-state index in [2.05, 4.69) is 20.8 Å². The molecule has 0 aromatic carbocycles. The smallest absolute Gasteiger partial charge is 0.343 e. The molecule has 128 valence electrons. The van der Waals surface area contributed by atoms with Gasteiger partial charge in [-0.25, -0.2) is 4.79 Å². The predicted octanol–water partition coefficient (Wildman–Crippen LogP) is 3.76. The standard InChI is InChI=1S/C18H32O4/c1-11(2)14-9-8-12(3)10-15(14)21-17(20)16(13(4)19)22-18(5,6)7/h11-12,14-16H,8-10H2,1-7H3/t12-,14+,15-,16?/m1/s1. The fourth-order valence-electron chi connectivity index (χ4n) is 3.11. The van der Waals surface area contributed by atoms with Gasteiger partial charge in [-0.15, -0.1) is 0 Å². The van der Waals surface area contributed by atoms with Gasteiger partial charge in [-0.05, 0) is 58.3 Å². The van der Waals surface area contributed by atoms with Crippen LogP contribution in [0.3, 0.4) is 0 Å². The maximum Gasteiger partial charge on any atom is 0.343 e. The quantitative estimate of drug-likeness (QED) is 0.573. The lowest BCUT2D eigenvalue weighted by molar-refractivity contribution is -0.179. The first-order valence-corrected chi connectivity index (χ1v) is 8.40. The Morgan fingerprint density at radius 1 is 1.14 bits per heavy atom. The topological polar surface area (TPSA) is 52.6 Å². The van der Waals surface area contributed by atoms with E-state index >= 15 is 0 Å². The van der Waals surface area contributed by atoms with E-state index in [1.54, 1.807) is 0 Å². The Morgan fingerprint density at radius 2 is 1.73 bits per heavy atom. The number of esters is 1. The Kier molecular flexibility index (Phi) is 6.60. The molecule has 0 saturated heterocycles. The first kappa shape index (κ1) is 19.1. The summed E-state index contributed by atoms with van der Waals surface area (Å²) < 4.78 is 11.3. The second-order valence-corrected chi connectivity index (χ2v) is 8.02. The number of ether oxygens (including phenoxy) is 2. The van der Waals surface area contributed by atoms with Crippen LogP contribution in [0.25, 0.3) is 0 Å². The minimum absolute atomic E-state index is 0.110. The third kappa shape index (κ3) is 5.71. The average Bonchev–Trinajstić information content (AvgIpc) is 2.34. The molecule has 4 atom stereocenters. The van der Waals surface area contributed by atoms with E-state index in [-0.39, 0.29) is 11.9 Å². The van der Waals surface area contributed by atoms with Crippen molar-refractivity contribution < 1.29 is 19.1 Å².